The zero-order chi connectivity index (χ0) is 29.7. The second-order valence-electron chi connectivity index (χ2n) is 8.70. The van der Waals surface area contributed by atoms with Crippen LogP contribution in [0.25, 0.3) is 0 Å². The summed E-state index contributed by atoms with van der Waals surface area (Å²) in [7, 11) is 3.23. The van der Waals surface area contributed by atoms with E-state index >= 15 is 0 Å². The van der Waals surface area contributed by atoms with Gasteiger partial charge in [0, 0.05) is 49.5 Å². The monoisotopic (exact) mass is 605 g/mol. The summed E-state index contributed by atoms with van der Waals surface area (Å²) in [5, 5.41) is 3.12. The molecule has 246 valence electrons. The summed E-state index contributed by atoms with van der Waals surface area (Å²) in [4.78, 5) is 14.9. The molecule has 0 aromatic rings. The minimum Gasteiger partial charge on any atom is -0.412 e. The number of carbonyl (C=O) groups excluding carboxylic acids is 1. The molecule has 0 atom stereocenters. The molecule has 0 fully saturated rings. The fourth-order valence-electron chi connectivity index (χ4n) is 1.97. The molecule has 0 aliphatic rings. The molecule has 11 heteroatoms. The van der Waals surface area contributed by atoms with Gasteiger partial charge in [0.25, 0.3) is 0 Å². The van der Waals surface area contributed by atoms with E-state index in [1.165, 1.54) is 19.0 Å². The molecule has 9 nitrogen and oxygen atoms in total. The molecule has 39 heavy (non-hydrogen) atoms. The van der Waals surface area contributed by atoms with Crippen LogP contribution >= 0.6 is 0 Å². The van der Waals surface area contributed by atoms with E-state index < -0.39 is 8.80 Å². The number of hydrogen-bond acceptors (Lipinski definition) is 8. The van der Waals surface area contributed by atoms with Gasteiger partial charge in [0.1, 0.15) is 6.79 Å². The van der Waals surface area contributed by atoms with E-state index in [0.717, 1.165) is 24.3 Å². The number of rotatable bonds is 13. The van der Waals surface area contributed by atoms with Crippen molar-refractivity contribution in [3.05, 3.63) is 0 Å². The summed E-state index contributed by atoms with van der Waals surface area (Å²) >= 11 is 0. The van der Waals surface area contributed by atoms with Crippen molar-refractivity contribution >= 4 is 31.1 Å². The van der Waals surface area contributed by atoms with Crippen molar-refractivity contribution in [2.75, 3.05) is 54.1 Å². The smallest absolute Gasteiger partial charge is 0.412 e. The van der Waals surface area contributed by atoms with Crippen LogP contribution in [0, 0.1) is 11.8 Å². The molecule has 5 N–H and O–H groups in total. The SMILES string of the molecule is C.C.C=O.CC(C)C.CC(C)C.CCO[Si](CCCN)(OCC)OCC.CN=C=NC.CNCCC[SiH2]C.O. The summed E-state index contributed by atoms with van der Waals surface area (Å²) < 4.78 is 17.0. The van der Waals surface area contributed by atoms with Crippen molar-refractivity contribution in [2.45, 2.75) is 109 Å². The maximum atomic E-state index is 8.00. The highest BCUT2D eigenvalue weighted by Crippen LogP contribution is 2.17. The maximum Gasteiger partial charge on any atom is 0.500 e. The summed E-state index contributed by atoms with van der Waals surface area (Å²) in [6.07, 6.45) is 2.28. The number of nitrogens with two attached hydrogens (primary N) is 1. The van der Waals surface area contributed by atoms with Gasteiger partial charge in [-0.1, -0.05) is 69.0 Å². The van der Waals surface area contributed by atoms with E-state index in [1.54, 1.807) is 14.1 Å². The van der Waals surface area contributed by atoms with E-state index in [2.05, 4.69) is 69.4 Å². The largest absolute Gasteiger partial charge is 0.500 e. The molecule has 0 bridgehead atoms. The molecule has 0 unspecified atom stereocenters. The third kappa shape index (κ3) is 93.5. The number of aliphatic imine (C=N–C) groups is 2. The van der Waals surface area contributed by atoms with E-state index in [9.17, 15) is 0 Å². The second kappa shape index (κ2) is 61.3. The third-order valence-corrected chi connectivity index (χ3v) is 7.37. The highest BCUT2D eigenvalue weighted by molar-refractivity contribution is 6.60. The van der Waals surface area contributed by atoms with E-state index in [0.29, 0.717) is 35.9 Å². The molecule has 0 heterocycles. The van der Waals surface area contributed by atoms with Crippen LogP contribution in [-0.4, -0.2) is 90.7 Å². The average Bonchev–Trinajstić information content (AvgIpc) is 2.81. The normalized spacial score (nSPS) is 8.92. The Bertz CT molecular complexity index is 379. The fourth-order valence-corrected chi connectivity index (χ4v) is 5.36. The molecule has 0 aliphatic carbocycles. The number of nitrogens with zero attached hydrogens (tertiary/aromatic N) is 2. The molecule has 0 rings (SSSR count). The zero-order valence-corrected chi connectivity index (χ0v) is 29.5. The molecule has 0 aliphatic heterocycles. The zero-order valence-electron chi connectivity index (χ0n) is 27.0. The number of hydrogen-bond donors (Lipinski definition) is 2. The van der Waals surface area contributed by atoms with E-state index in [4.69, 9.17) is 23.8 Å². The van der Waals surface area contributed by atoms with Gasteiger partial charge in [-0.3, -0.25) is 0 Å². The third-order valence-electron chi connectivity index (χ3n) is 3.01. The molecule has 0 aromatic carbocycles. The first-order valence-corrected chi connectivity index (χ1v) is 17.9. The van der Waals surface area contributed by atoms with E-state index in [1.807, 2.05) is 34.6 Å². The Hall–Kier alpha value is -0.756. The molecule has 0 aromatic heterocycles. The Morgan fingerprint density at radius 1 is 0.872 bits per heavy atom. The lowest BCUT2D eigenvalue weighted by atomic mass is 10.3. The Morgan fingerprint density at radius 3 is 1.38 bits per heavy atom. The average molecular weight is 605 g/mol. The molecule has 0 saturated heterocycles. The van der Waals surface area contributed by atoms with Gasteiger partial charge in [0.05, 0.1) is 6.01 Å². The predicted octanol–water partition coefficient (Wildman–Crippen LogP) is 5.62. The molecular formula is C28H76N4O5Si2. The Labute approximate surface area is 250 Å². The van der Waals surface area contributed by atoms with Gasteiger partial charge in [-0.25, -0.2) is 9.98 Å². The van der Waals surface area contributed by atoms with Crippen LogP contribution in [0.3, 0.4) is 0 Å². The van der Waals surface area contributed by atoms with Crippen molar-refractivity contribution in [1.29, 1.82) is 0 Å². The summed E-state index contributed by atoms with van der Waals surface area (Å²) in [6, 6.07) is 4.68. The van der Waals surface area contributed by atoms with Crippen molar-refractivity contribution in [1.82, 2.24) is 5.32 Å². The number of carbonyl (C=O) groups is 1. The van der Waals surface area contributed by atoms with Gasteiger partial charge in [-0.2, -0.15) is 0 Å². The Balaban J connectivity index is -0.0000000439. The van der Waals surface area contributed by atoms with Crippen LogP contribution in [0.15, 0.2) is 9.98 Å². The highest BCUT2D eigenvalue weighted by atomic mass is 28.4. The van der Waals surface area contributed by atoms with Gasteiger partial charge in [-0.05, 0) is 65.6 Å². The Morgan fingerprint density at radius 2 is 1.21 bits per heavy atom. The highest BCUT2D eigenvalue weighted by Gasteiger charge is 2.39. The second-order valence-corrected chi connectivity index (χ2v) is 13.1. The summed E-state index contributed by atoms with van der Waals surface area (Å²) in [5.74, 6) is 1.67. The van der Waals surface area contributed by atoms with Crippen molar-refractivity contribution < 1.29 is 23.5 Å². The van der Waals surface area contributed by atoms with Gasteiger partial charge in [-0.15, -0.1) is 0 Å². The lowest BCUT2D eigenvalue weighted by molar-refractivity contribution is -0.0980. The first-order valence-electron chi connectivity index (χ1n) is 13.5. The maximum absolute atomic E-state index is 8.00. The molecular weight excluding hydrogens is 529 g/mol. The van der Waals surface area contributed by atoms with Crippen molar-refractivity contribution in [3.8, 4) is 0 Å². The topological polar surface area (TPSA) is 139 Å². The molecule has 0 spiro atoms. The Kier molecular flexibility index (Phi) is 97.5. The van der Waals surface area contributed by atoms with Crippen molar-refractivity contribution in [3.63, 3.8) is 0 Å². The summed E-state index contributed by atoms with van der Waals surface area (Å²) in [5.41, 5.74) is 5.48. The minimum absolute atomic E-state index is 0. The van der Waals surface area contributed by atoms with Gasteiger partial charge in [0.15, 0.2) is 0 Å². The van der Waals surface area contributed by atoms with Crippen LogP contribution in [0.2, 0.25) is 18.6 Å². The number of nitrogens with one attached hydrogen (secondary N) is 1. The first-order chi connectivity index (χ1) is 17.0. The van der Waals surface area contributed by atoms with Crippen LogP contribution in [-0.2, 0) is 18.1 Å². The fraction of sp³-hybridized carbons (Fsp3) is 0.929. The molecule has 0 radical (unpaired) electrons. The lowest BCUT2D eigenvalue weighted by Gasteiger charge is -2.28. The lowest BCUT2D eigenvalue weighted by Crippen LogP contribution is -2.46. The van der Waals surface area contributed by atoms with Crippen LogP contribution in [0.4, 0.5) is 0 Å². The first kappa shape index (κ1) is 62.0. The van der Waals surface area contributed by atoms with E-state index in [-0.39, 0.29) is 20.3 Å². The molecule has 0 amide bonds. The minimum atomic E-state index is -2.40. The standard InChI is InChI=1S/C9H23NO3Si.C5H15NSi.2C4H10.C3H6N2.CH2O.2CH4.H2O/c1-4-11-14(12-5-2,13-6-3)9-7-8-10;1-6-4-3-5-7-2;2*1-4(2)3;1-4-3-5-2;1-2;;;/h4-10H2,1-3H3;6H,3-5,7H2,1-2H3;2*4H,1-3H3;1-2H3;1H2;2*1H4;1H2. The van der Waals surface area contributed by atoms with Gasteiger partial charge < -0.3 is 34.6 Å². The summed E-state index contributed by atoms with van der Waals surface area (Å²) in [6.45, 7) is 27.0. The molecule has 0 saturated carbocycles. The van der Waals surface area contributed by atoms with Crippen LogP contribution < -0.4 is 11.1 Å². The van der Waals surface area contributed by atoms with Crippen LogP contribution in [0.1, 0.15) is 90.0 Å². The van der Waals surface area contributed by atoms with Gasteiger partial charge >= 0.3 is 8.80 Å². The van der Waals surface area contributed by atoms with Gasteiger partial charge in [0.2, 0.25) is 0 Å². The quantitative estimate of drug-likeness (QED) is 0.159. The van der Waals surface area contributed by atoms with Crippen molar-refractivity contribution in [2.24, 2.45) is 27.6 Å². The predicted molar refractivity (Wildman–Crippen MR) is 184 cm³/mol. The van der Waals surface area contributed by atoms with Crippen LogP contribution in [0.5, 0.6) is 0 Å².